The molecule has 2 rings (SSSR count). The van der Waals surface area contributed by atoms with E-state index in [9.17, 15) is 13.9 Å². The third-order valence-electron chi connectivity index (χ3n) is 2.10. The van der Waals surface area contributed by atoms with E-state index in [1.54, 1.807) is 0 Å². The Morgan fingerprint density at radius 2 is 1.94 bits per heavy atom. The van der Waals surface area contributed by atoms with E-state index in [-0.39, 0.29) is 12.2 Å². The molecule has 0 radical (unpaired) electrons. The second-order valence-corrected chi connectivity index (χ2v) is 3.37. The Hall–Kier alpha value is -1.82. The van der Waals surface area contributed by atoms with Gasteiger partial charge in [-0.25, -0.2) is 13.8 Å². The molecule has 6 heteroatoms. The summed E-state index contributed by atoms with van der Waals surface area (Å²) in [4.78, 5) is 3.75. The maximum atomic E-state index is 12.9. The number of aliphatic hydroxyl groups excluding tert-OH is 1. The summed E-state index contributed by atoms with van der Waals surface area (Å²) in [5, 5.41) is 15.7. The highest BCUT2D eigenvalue weighted by Crippen LogP contribution is 2.16. The Bertz CT molecular complexity index is 453. The predicted octanol–water partition coefficient (Wildman–Crippen LogP) is 1.36. The molecule has 0 saturated heterocycles. The lowest BCUT2D eigenvalue weighted by atomic mass is 10.1. The van der Waals surface area contributed by atoms with Gasteiger partial charge in [0.2, 0.25) is 0 Å². The van der Waals surface area contributed by atoms with Gasteiger partial charge in [-0.3, -0.25) is 5.10 Å². The van der Waals surface area contributed by atoms with Gasteiger partial charge >= 0.3 is 0 Å². The van der Waals surface area contributed by atoms with Crippen LogP contribution in [0.25, 0.3) is 0 Å². The van der Waals surface area contributed by atoms with Crippen molar-refractivity contribution in [1.29, 1.82) is 0 Å². The number of benzene rings is 1. The maximum Gasteiger partial charge on any atom is 0.153 e. The van der Waals surface area contributed by atoms with Gasteiger partial charge in [-0.2, -0.15) is 5.10 Å². The standard InChI is InChI=1S/C10H9F2N3O/c11-7-1-6(2-8(12)4-7)3-9(16)10-13-5-14-15-10/h1-2,4-5,9,16H,3H2,(H,13,14,15). The average Bonchev–Trinajstić information content (AvgIpc) is 2.68. The molecule has 0 aliphatic rings. The number of halogens is 2. The van der Waals surface area contributed by atoms with Crippen LogP contribution in [0.15, 0.2) is 24.5 Å². The van der Waals surface area contributed by atoms with E-state index in [4.69, 9.17) is 0 Å². The van der Waals surface area contributed by atoms with E-state index >= 15 is 0 Å². The third kappa shape index (κ3) is 2.40. The molecule has 1 heterocycles. The maximum absolute atomic E-state index is 12.9. The number of nitrogens with one attached hydrogen (secondary N) is 1. The molecule has 16 heavy (non-hydrogen) atoms. The number of H-pyrrole nitrogens is 1. The first kappa shape index (κ1) is 10.7. The minimum absolute atomic E-state index is 0.0733. The van der Waals surface area contributed by atoms with Crippen molar-refractivity contribution in [2.45, 2.75) is 12.5 Å². The summed E-state index contributed by atoms with van der Waals surface area (Å²) >= 11 is 0. The fraction of sp³-hybridized carbons (Fsp3) is 0.200. The van der Waals surface area contributed by atoms with E-state index in [2.05, 4.69) is 15.2 Å². The molecule has 4 nitrogen and oxygen atoms in total. The molecule has 0 amide bonds. The molecule has 1 aromatic heterocycles. The first-order valence-electron chi connectivity index (χ1n) is 4.63. The van der Waals surface area contributed by atoms with Gasteiger partial charge in [0.05, 0.1) is 0 Å². The normalized spacial score (nSPS) is 12.7. The number of nitrogens with zero attached hydrogens (tertiary/aromatic N) is 2. The van der Waals surface area contributed by atoms with Crippen LogP contribution in [0.4, 0.5) is 8.78 Å². The smallest absolute Gasteiger partial charge is 0.153 e. The number of aromatic amines is 1. The van der Waals surface area contributed by atoms with E-state index < -0.39 is 17.7 Å². The summed E-state index contributed by atoms with van der Waals surface area (Å²) < 4.78 is 25.7. The van der Waals surface area contributed by atoms with E-state index in [1.807, 2.05) is 0 Å². The Morgan fingerprint density at radius 3 is 2.50 bits per heavy atom. The van der Waals surface area contributed by atoms with Crippen molar-refractivity contribution in [2.75, 3.05) is 0 Å². The number of aliphatic hydroxyl groups is 1. The highest BCUT2D eigenvalue weighted by molar-refractivity contribution is 5.19. The zero-order valence-corrected chi connectivity index (χ0v) is 8.19. The second kappa shape index (κ2) is 4.36. The largest absolute Gasteiger partial charge is 0.385 e. The highest BCUT2D eigenvalue weighted by atomic mass is 19.1. The van der Waals surface area contributed by atoms with Crippen LogP contribution in [-0.4, -0.2) is 20.3 Å². The zero-order valence-electron chi connectivity index (χ0n) is 8.19. The summed E-state index contributed by atoms with van der Waals surface area (Å²) in [5.74, 6) is -1.07. The molecule has 2 aromatic rings. The van der Waals surface area contributed by atoms with Gasteiger partial charge < -0.3 is 5.11 Å². The van der Waals surface area contributed by atoms with Crippen molar-refractivity contribution < 1.29 is 13.9 Å². The van der Waals surface area contributed by atoms with Gasteiger partial charge in [0, 0.05) is 12.5 Å². The van der Waals surface area contributed by atoms with Crippen LogP contribution >= 0.6 is 0 Å². The van der Waals surface area contributed by atoms with Gasteiger partial charge in [-0.1, -0.05) is 0 Å². The van der Waals surface area contributed by atoms with Crippen LogP contribution in [0.3, 0.4) is 0 Å². The summed E-state index contributed by atoms with van der Waals surface area (Å²) in [6, 6.07) is 3.12. The van der Waals surface area contributed by atoms with Crippen LogP contribution in [0, 0.1) is 11.6 Å². The summed E-state index contributed by atoms with van der Waals surface area (Å²) in [7, 11) is 0. The van der Waals surface area contributed by atoms with Crippen LogP contribution in [0.5, 0.6) is 0 Å². The molecule has 0 bridgehead atoms. The monoisotopic (exact) mass is 225 g/mol. The van der Waals surface area contributed by atoms with Gasteiger partial charge in [0.25, 0.3) is 0 Å². The second-order valence-electron chi connectivity index (χ2n) is 3.37. The Morgan fingerprint density at radius 1 is 1.25 bits per heavy atom. The number of aromatic nitrogens is 3. The fourth-order valence-corrected chi connectivity index (χ4v) is 1.42. The van der Waals surface area contributed by atoms with Gasteiger partial charge in [-0.05, 0) is 17.7 Å². The molecule has 0 saturated carbocycles. The SMILES string of the molecule is OC(Cc1cc(F)cc(F)c1)c1ncn[nH]1. The van der Waals surface area contributed by atoms with Crippen molar-refractivity contribution in [3.63, 3.8) is 0 Å². The van der Waals surface area contributed by atoms with Crippen LogP contribution in [0.1, 0.15) is 17.5 Å². The highest BCUT2D eigenvalue weighted by Gasteiger charge is 2.12. The summed E-state index contributed by atoms with van der Waals surface area (Å²) in [6.45, 7) is 0. The first-order chi connectivity index (χ1) is 7.65. The Kier molecular flexibility index (Phi) is 2.91. The Balaban J connectivity index is 2.15. The van der Waals surface area contributed by atoms with E-state index in [0.29, 0.717) is 5.56 Å². The lowest BCUT2D eigenvalue weighted by molar-refractivity contribution is 0.168. The molecular weight excluding hydrogens is 216 g/mol. The van der Waals surface area contributed by atoms with E-state index in [0.717, 1.165) is 6.07 Å². The molecule has 0 aliphatic carbocycles. The molecule has 2 N–H and O–H groups in total. The molecular formula is C10H9F2N3O. The minimum atomic E-state index is -0.955. The number of rotatable bonds is 3. The topological polar surface area (TPSA) is 61.8 Å². The molecule has 1 aromatic carbocycles. The van der Waals surface area contributed by atoms with Crippen LogP contribution in [0.2, 0.25) is 0 Å². The average molecular weight is 225 g/mol. The van der Waals surface area contributed by atoms with Crippen molar-refractivity contribution in [3.05, 3.63) is 47.5 Å². The summed E-state index contributed by atoms with van der Waals surface area (Å²) in [5.41, 5.74) is 0.362. The fourth-order valence-electron chi connectivity index (χ4n) is 1.42. The zero-order chi connectivity index (χ0) is 11.5. The molecule has 0 aliphatic heterocycles. The van der Waals surface area contributed by atoms with E-state index in [1.165, 1.54) is 18.5 Å². The number of hydrogen-bond acceptors (Lipinski definition) is 3. The van der Waals surface area contributed by atoms with Gasteiger partial charge in [0.1, 0.15) is 24.1 Å². The summed E-state index contributed by atoms with van der Waals surface area (Å²) in [6.07, 6.45) is 0.373. The van der Waals surface area contributed by atoms with Crippen molar-refractivity contribution in [2.24, 2.45) is 0 Å². The van der Waals surface area contributed by atoms with Gasteiger partial charge in [-0.15, -0.1) is 0 Å². The molecule has 1 atom stereocenters. The van der Waals surface area contributed by atoms with Gasteiger partial charge in [0.15, 0.2) is 5.82 Å². The Labute approximate surface area is 90.0 Å². The number of hydrogen-bond donors (Lipinski definition) is 2. The first-order valence-corrected chi connectivity index (χ1v) is 4.63. The minimum Gasteiger partial charge on any atom is -0.385 e. The third-order valence-corrected chi connectivity index (χ3v) is 2.10. The lowest BCUT2D eigenvalue weighted by Gasteiger charge is -2.07. The molecule has 1 unspecified atom stereocenters. The van der Waals surface area contributed by atoms with Crippen molar-refractivity contribution in [1.82, 2.24) is 15.2 Å². The van der Waals surface area contributed by atoms with Crippen molar-refractivity contribution in [3.8, 4) is 0 Å². The molecule has 84 valence electrons. The van der Waals surface area contributed by atoms with Crippen LogP contribution in [-0.2, 0) is 6.42 Å². The van der Waals surface area contributed by atoms with Crippen LogP contribution < -0.4 is 0 Å². The molecule has 0 fully saturated rings. The van der Waals surface area contributed by atoms with Crippen molar-refractivity contribution >= 4 is 0 Å². The molecule has 0 spiro atoms. The lowest BCUT2D eigenvalue weighted by Crippen LogP contribution is -2.04. The quantitative estimate of drug-likeness (QED) is 0.829. The predicted molar refractivity (Wildman–Crippen MR) is 51.4 cm³/mol.